The third-order valence-corrected chi connectivity index (χ3v) is 2.67. The van der Waals surface area contributed by atoms with Crippen molar-refractivity contribution in [1.82, 2.24) is 4.98 Å². The van der Waals surface area contributed by atoms with Gasteiger partial charge in [0.1, 0.15) is 11.4 Å². The molecule has 0 spiro atoms. The highest BCUT2D eigenvalue weighted by atomic mass is 19.2. The van der Waals surface area contributed by atoms with Crippen LogP contribution in [-0.2, 0) is 0 Å². The average Bonchev–Trinajstić information content (AvgIpc) is 2.42. The van der Waals surface area contributed by atoms with E-state index in [9.17, 15) is 18.0 Å². The average molecular weight is 282 g/mol. The molecule has 4 nitrogen and oxygen atoms in total. The van der Waals surface area contributed by atoms with Gasteiger partial charge < -0.3 is 10.5 Å². The number of benzene rings is 1. The van der Waals surface area contributed by atoms with Crippen LogP contribution in [-0.4, -0.2) is 18.0 Å². The van der Waals surface area contributed by atoms with Crippen LogP contribution in [0.25, 0.3) is 11.3 Å². The normalized spacial score (nSPS) is 10.4. The summed E-state index contributed by atoms with van der Waals surface area (Å²) in [5.41, 5.74) is 3.47. The van der Waals surface area contributed by atoms with Crippen LogP contribution < -0.4 is 10.5 Å². The second-order valence-electron chi connectivity index (χ2n) is 3.82. The fourth-order valence-electron chi connectivity index (χ4n) is 1.73. The van der Waals surface area contributed by atoms with Gasteiger partial charge in [0, 0.05) is 6.20 Å². The smallest absolute Gasteiger partial charge is 0.251 e. The first-order valence-corrected chi connectivity index (χ1v) is 5.44. The van der Waals surface area contributed by atoms with Gasteiger partial charge in [-0.15, -0.1) is 0 Å². The van der Waals surface area contributed by atoms with Crippen molar-refractivity contribution in [1.29, 1.82) is 0 Å². The van der Waals surface area contributed by atoms with E-state index in [4.69, 9.17) is 10.5 Å². The third-order valence-electron chi connectivity index (χ3n) is 2.67. The quantitative estimate of drug-likeness (QED) is 0.939. The molecule has 0 fully saturated rings. The molecule has 2 aromatic rings. The Morgan fingerprint density at radius 3 is 2.50 bits per heavy atom. The number of pyridine rings is 1. The van der Waals surface area contributed by atoms with Crippen molar-refractivity contribution in [3.63, 3.8) is 0 Å². The van der Waals surface area contributed by atoms with Gasteiger partial charge in [0.05, 0.1) is 18.2 Å². The second kappa shape index (κ2) is 5.20. The van der Waals surface area contributed by atoms with Gasteiger partial charge in [-0.1, -0.05) is 0 Å². The van der Waals surface area contributed by atoms with Crippen LogP contribution >= 0.6 is 0 Å². The van der Waals surface area contributed by atoms with Gasteiger partial charge in [0.25, 0.3) is 5.91 Å². The molecule has 104 valence electrons. The zero-order valence-electron chi connectivity index (χ0n) is 10.3. The molecule has 2 N–H and O–H groups in total. The number of primary amides is 1. The van der Waals surface area contributed by atoms with Crippen LogP contribution in [0, 0.1) is 17.5 Å². The van der Waals surface area contributed by atoms with Crippen molar-refractivity contribution in [3.8, 4) is 17.0 Å². The Morgan fingerprint density at radius 2 is 1.90 bits per heavy atom. The maximum atomic E-state index is 14.1. The third kappa shape index (κ3) is 2.18. The van der Waals surface area contributed by atoms with Gasteiger partial charge in [0.2, 0.25) is 0 Å². The van der Waals surface area contributed by atoms with E-state index in [-0.39, 0.29) is 5.75 Å². The molecule has 7 heteroatoms. The van der Waals surface area contributed by atoms with Crippen LogP contribution in [0.15, 0.2) is 24.4 Å². The van der Waals surface area contributed by atoms with Gasteiger partial charge in [-0.3, -0.25) is 9.78 Å². The molecule has 1 aromatic heterocycles. The van der Waals surface area contributed by atoms with Crippen LogP contribution in [0.3, 0.4) is 0 Å². The first kappa shape index (κ1) is 13.9. The van der Waals surface area contributed by atoms with Gasteiger partial charge in [-0.25, -0.2) is 13.2 Å². The van der Waals surface area contributed by atoms with E-state index >= 15 is 0 Å². The Morgan fingerprint density at radius 1 is 1.20 bits per heavy atom. The fraction of sp³-hybridized carbons (Fsp3) is 0.0769. The summed E-state index contributed by atoms with van der Waals surface area (Å²) >= 11 is 0. The van der Waals surface area contributed by atoms with Crippen molar-refractivity contribution in [2.24, 2.45) is 5.73 Å². The number of amides is 1. The molecular formula is C13H9F3N2O2. The molecule has 0 radical (unpaired) electrons. The van der Waals surface area contributed by atoms with Crippen molar-refractivity contribution >= 4 is 5.91 Å². The number of nitrogens with two attached hydrogens (primary N) is 1. The van der Waals surface area contributed by atoms with Crippen molar-refractivity contribution in [2.45, 2.75) is 0 Å². The Hall–Kier alpha value is -2.57. The molecule has 0 aliphatic heterocycles. The topological polar surface area (TPSA) is 65.2 Å². The maximum absolute atomic E-state index is 14.1. The number of hydrogen-bond donors (Lipinski definition) is 1. The number of methoxy groups -OCH3 is 1. The maximum Gasteiger partial charge on any atom is 0.251 e. The highest BCUT2D eigenvalue weighted by Gasteiger charge is 2.23. The molecule has 1 aromatic carbocycles. The lowest BCUT2D eigenvalue weighted by Crippen LogP contribution is -2.14. The molecule has 2 rings (SSSR count). The standard InChI is InChI=1S/C13H9F3N2O2/c1-20-8-3-2-7(14)11(16)9(8)12-10(15)6(13(17)19)4-5-18-12/h2-5H,1H3,(H2,17,19). The Kier molecular flexibility index (Phi) is 3.60. The highest BCUT2D eigenvalue weighted by molar-refractivity contribution is 5.94. The molecule has 0 aliphatic carbocycles. The van der Waals surface area contributed by atoms with Gasteiger partial charge >= 0.3 is 0 Å². The number of hydrogen-bond acceptors (Lipinski definition) is 3. The lowest BCUT2D eigenvalue weighted by atomic mass is 10.1. The molecule has 20 heavy (non-hydrogen) atoms. The lowest BCUT2D eigenvalue weighted by molar-refractivity contribution is 0.0996. The number of rotatable bonds is 3. The van der Waals surface area contributed by atoms with Gasteiger partial charge in [0.15, 0.2) is 17.5 Å². The lowest BCUT2D eigenvalue weighted by Gasteiger charge is -2.11. The number of nitrogens with zero attached hydrogens (tertiary/aromatic N) is 1. The predicted molar refractivity (Wildman–Crippen MR) is 64.6 cm³/mol. The van der Waals surface area contributed by atoms with Crippen LogP contribution in [0.4, 0.5) is 13.2 Å². The summed E-state index contributed by atoms with van der Waals surface area (Å²) < 4.78 is 46.2. The number of carbonyl (C=O) groups is 1. The minimum atomic E-state index is -1.32. The molecule has 1 amide bonds. The van der Waals surface area contributed by atoms with E-state index in [0.717, 1.165) is 24.4 Å². The Labute approximate surface area is 112 Å². The summed E-state index contributed by atoms with van der Waals surface area (Å²) in [5, 5.41) is 0. The molecule has 0 saturated heterocycles. The monoisotopic (exact) mass is 282 g/mol. The van der Waals surface area contributed by atoms with E-state index in [1.807, 2.05) is 0 Å². The number of carbonyl (C=O) groups excluding carboxylic acids is 1. The first-order chi connectivity index (χ1) is 9.47. The van der Waals surface area contributed by atoms with E-state index < -0.39 is 40.2 Å². The minimum absolute atomic E-state index is 0.114. The van der Waals surface area contributed by atoms with Crippen molar-refractivity contribution in [3.05, 3.63) is 47.4 Å². The van der Waals surface area contributed by atoms with Crippen molar-refractivity contribution < 1.29 is 22.7 Å². The molecule has 0 saturated carbocycles. The molecule has 0 bridgehead atoms. The predicted octanol–water partition coefficient (Wildman–Crippen LogP) is 2.27. The van der Waals surface area contributed by atoms with Gasteiger partial charge in [-0.05, 0) is 18.2 Å². The van der Waals surface area contributed by atoms with E-state index in [1.54, 1.807) is 0 Å². The van der Waals surface area contributed by atoms with Crippen molar-refractivity contribution in [2.75, 3.05) is 7.11 Å². The summed E-state index contributed by atoms with van der Waals surface area (Å²) in [7, 11) is 1.21. The zero-order valence-corrected chi connectivity index (χ0v) is 10.3. The van der Waals surface area contributed by atoms with Crippen LogP contribution in [0.5, 0.6) is 5.75 Å². The fourth-order valence-corrected chi connectivity index (χ4v) is 1.73. The van der Waals surface area contributed by atoms with Crippen LogP contribution in [0.2, 0.25) is 0 Å². The minimum Gasteiger partial charge on any atom is -0.496 e. The summed E-state index contributed by atoms with van der Waals surface area (Å²) in [6.07, 6.45) is 1.07. The summed E-state index contributed by atoms with van der Waals surface area (Å²) in [6.45, 7) is 0. The highest BCUT2D eigenvalue weighted by Crippen LogP contribution is 2.34. The van der Waals surface area contributed by atoms with E-state index in [1.165, 1.54) is 7.11 Å². The summed E-state index contributed by atoms with van der Waals surface area (Å²) in [4.78, 5) is 14.7. The molecule has 0 unspecified atom stereocenters. The summed E-state index contributed by atoms with van der Waals surface area (Å²) in [5.74, 6) is -4.80. The first-order valence-electron chi connectivity index (χ1n) is 5.44. The van der Waals surface area contributed by atoms with Gasteiger partial charge in [-0.2, -0.15) is 0 Å². The SMILES string of the molecule is COc1ccc(F)c(F)c1-c1nccc(C(N)=O)c1F. The Bertz CT molecular complexity index is 690. The second-order valence-corrected chi connectivity index (χ2v) is 3.82. The largest absolute Gasteiger partial charge is 0.496 e. The van der Waals surface area contributed by atoms with E-state index in [0.29, 0.717) is 0 Å². The molecule has 0 aliphatic rings. The number of halogens is 3. The van der Waals surface area contributed by atoms with Crippen LogP contribution in [0.1, 0.15) is 10.4 Å². The van der Waals surface area contributed by atoms with E-state index in [2.05, 4.69) is 4.98 Å². The molecular weight excluding hydrogens is 273 g/mol. The Balaban J connectivity index is 2.78. The molecule has 0 atom stereocenters. The zero-order chi connectivity index (χ0) is 14.9. The molecule has 1 heterocycles. The summed E-state index contributed by atoms with van der Waals surface area (Å²) in [6, 6.07) is 3.02. The number of ether oxygens (including phenoxy) is 1. The number of aromatic nitrogens is 1.